The highest BCUT2D eigenvalue weighted by atomic mass is 16.3. The topological polar surface area (TPSA) is 31.0 Å². The van der Waals surface area contributed by atoms with Crippen molar-refractivity contribution < 1.29 is 4.42 Å². The second kappa shape index (κ2) is 6.81. The van der Waals surface area contributed by atoms with Crippen LogP contribution in [0.5, 0.6) is 0 Å². The summed E-state index contributed by atoms with van der Waals surface area (Å²) >= 11 is 0. The maximum absolute atomic E-state index is 6.37. The van der Waals surface area contributed by atoms with Gasteiger partial charge >= 0.3 is 0 Å². The second-order valence-electron chi connectivity index (χ2n) is 8.53. The summed E-state index contributed by atoms with van der Waals surface area (Å²) in [4.78, 5) is 5.10. The molecular formula is C30H20N2O. The molecule has 7 rings (SSSR count). The average molecular weight is 425 g/mol. The number of benzene rings is 5. The summed E-state index contributed by atoms with van der Waals surface area (Å²) in [7, 11) is 0. The van der Waals surface area contributed by atoms with Crippen LogP contribution < -0.4 is 0 Å². The summed E-state index contributed by atoms with van der Waals surface area (Å²) in [5.74, 6) is 0.888. The fourth-order valence-electron chi connectivity index (χ4n) is 4.96. The van der Waals surface area contributed by atoms with Gasteiger partial charge in [-0.05, 0) is 59.7 Å². The number of para-hydroxylation sites is 4. The molecule has 2 heterocycles. The Bertz CT molecular complexity index is 1840. The number of furan rings is 1. The zero-order chi connectivity index (χ0) is 21.9. The molecule has 0 saturated heterocycles. The molecule has 5 aromatic carbocycles. The number of imidazole rings is 1. The molecule has 0 aliphatic carbocycles. The monoisotopic (exact) mass is 424 g/mol. The van der Waals surface area contributed by atoms with Crippen molar-refractivity contribution in [1.82, 2.24) is 9.55 Å². The Kier molecular flexibility index (Phi) is 3.76. The van der Waals surface area contributed by atoms with E-state index >= 15 is 0 Å². The Labute approximate surface area is 190 Å². The summed E-state index contributed by atoms with van der Waals surface area (Å²) in [5, 5.41) is 4.68. The van der Waals surface area contributed by atoms with Gasteiger partial charge in [0, 0.05) is 10.8 Å². The van der Waals surface area contributed by atoms with E-state index < -0.39 is 0 Å². The Hall–Kier alpha value is -4.37. The summed E-state index contributed by atoms with van der Waals surface area (Å²) < 4.78 is 8.65. The van der Waals surface area contributed by atoms with E-state index in [9.17, 15) is 0 Å². The second-order valence-corrected chi connectivity index (χ2v) is 8.53. The van der Waals surface area contributed by atoms with E-state index in [1.54, 1.807) is 0 Å². The zero-order valence-corrected chi connectivity index (χ0v) is 18.1. The third kappa shape index (κ3) is 2.66. The number of hydrogen-bond donors (Lipinski definition) is 0. The molecule has 7 aromatic rings. The minimum absolute atomic E-state index is 0.869. The summed E-state index contributed by atoms with van der Waals surface area (Å²) in [6.45, 7) is 2.17. The Morgan fingerprint density at radius 3 is 2.33 bits per heavy atom. The molecule has 0 aliphatic rings. The fraction of sp³-hybridized carbons (Fsp3) is 0.0333. The fourth-order valence-corrected chi connectivity index (χ4v) is 4.96. The van der Waals surface area contributed by atoms with Crippen LogP contribution >= 0.6 is 0 Å². The van der Waals surface area contributed by atoms with Crippen molar-refractivity contribution in [1.29, 1.82) is 0 Å². The first kappa shape index (κ1) is 18.2. The number of nitrogens with zero attached hydrogens (tertiary/aromatic N) is 2. The quantitative estimate of drug-likeness (QED) is 0.281. The van der Waals surface area contributed by atoms with E-state index in [0.717, 1.165) is 50.0 Å². The molecule has 0 aliphatic heterocycles. The number of aryl methyl sites for hydroxylation is 1. The van der Waals surface area contributed by atoms with Crippen LogP contribution in [-0.4, -0.2) is 9.55 Å². The molecule has 0 saturated carbocycles. The third-order valence-corrected chi connectivity index (χ3v) is 6.51. The van der Waals surface area contributed by atoms with Gasteiger partial charge in [-0.1, -0.05) is 66.7 Å². The first-order valence-corrected chi connectivity index (χ1v) is 11.2. The largest absolute Gasteiger partial charge is 0.455 e. The Morgan fingerprint density at radius 1 is 0.697 bits per heavy atom. The van der Waals surface area contributed by atoms with Crippen molar-refractivity contribution >= 4 is 43.7 Å². The van der Waals surface area contributed by atoms with Crippen molar-refractivity contribution in [2.24, 2.45) is 0 Å². The van der Waals surface area contributed by atoms with Gasteiger partial charge in [0.1, 0.15) is 17.0 Å². The third-order valence-electron chi connectivity index (χ3n) is 6.51. The lowest BCUT2D eigenvalue weighted by atomic mass is 10.0. The predicted molar refractivity (Wildman–Crippen MR) is 136 cm³/mol. The van der Waals surface area contributed by atoms with Gasteiger partial charge in [0.25, 0.3) is 0 Å². The summed E-state index contributed by atoms with van der Waals surface area (Å²) in [6.07, 6.45) is 0. The zero-order valence-electron chi connectivity index (χ0n) is 18.1. The average Bonchev–Trinajstić information content (AvgIpc) is 3.42. The van der Waals surface area contributed by atoms with Gasteiger partial charge in [0.2, 0.25) is 0 Å². The Balaban J connectivity index is 1.60. The lowest BCUT2D eigenvalue weighted by Gasteiger charge is -2.14. The maximum atomic E-state index is 6.37. The normalized spacial score (nSPS) is 11.8. The van der Waals surface area contributed by atoms with Crippen molar-refractivity contribution in [3.63, 3.8) is 0 Å². The van der Waals surface area contributed by atoms with Crippen LogP contribution in [0.15, 0.2) is 108 Å². The minimum Gasteiger partial charge on any atom is -0.455 e. The van der Waals surface area contributed by atoms with Gasteiger partial charge in [0.15, 0.2) is 0 Å². The minimum atomic E-state index is 0.869. The van der Waals surface area contributed by atoms with Gasteiger partial charge in [0.05, 0.1) is 22.3 Å². The first-order chi connectivity index (χ1) is 16.3. The van der Waals surface area contributed by atoms with E-state index in [1.165, 1.54) is 16.3 Å². The molecule has 0 fully saturated rings. The van der Waals surface area contributed by atoms with E-state index in [0.29, 0.717) is 0 Å². The van der Waals surface area contributed by atoms with Crippen LogP contribution in [0, 0.1) is 6.92 Å². The lowest BCUT2D eigenvalue weighted by Crippen LogP contribution is -2.00. The molecule has 0 amide bonds. The molecule has 33 heavy (non-hydrogen) atoms. The van der Waals surface area contributed by atoms with Gasteiger partial charge in [-0.2, -0.15) is 0 Å². The molecule has 0 radical (unpaired) electrons. The van der Waals surface area contributed by atoms with Crippen LogP contribution in [0.3, 0.4) is 0 Å². The maximum Gasteiger partial charge on any atom is 0.149 e. The molecule has 3 heteroatoms. The highest BCUT2D eigenvalue weighted by Gasteiger charge is 2.20. The van der Waals surface area contributed by atoms with Crippen LogP contribution in [0.4, 0.5) is 0 Å². The van der Waals surface area contributed by atoms with E-state index in [1.807, 2.05) is 18.2 Å². The molecule has 0 bridgehead atoms. The van der Waals surface area contributed by atoms with Crippen LogP contribution in [0.1, 0.15) is 5.56 Å². The van der Waals surface area contributed by atoms with E-state index in [2.05, 4.69) is 96.4 Å². The summed E-state index contributed by atoms with van der Waals surface area (Å²) in [6, 6.07) is 35.9. The Morgan fingerprint density at radius 2 is 1.42 bits per heavy atom. The summed E-state index contributed by atoms with van der Waals surface area (Å²) in [5.41, 5.74) is 7.14. The van der Waals surface area contributed by atoms with Gasteiger partial charge < -0.3 is 4.42 Å². The number of fused-ring (bicyclic) bond motifs is 5. The van der Waals surface area contributed by atoms with Gasteiger partial charge in [-0.25, -0.2) is 4.98 Å². The number of aromatic nitrogens is 2. The van der Waals surface area contributed by atoms with Crippen LogP contribution in [-0.2, 0) is 0 Å². The lowest BCUT2D eigenvalue weighted by molar-refractivity contribution is 0.669. The molecule has 0 N–H and O–H groups in total. The van der Waals surface area contributed by atoms with Gasteiger partial charge in [-0.3, -0.25) is 4.57 Å². The highest BCUT2D eigenvalue weighted by Crippen LogP contribution is 2.38. The molecule has 0 unspecified atom stereocenters. The molecule has 0 spiro atoms. The van der Waals surface area contributed by atoms with Crippen molar-refractivity contribution in [3.05, 3.63) is 109 Å². The number of hydrogen-bond acceptors (Lipinski definition) is 2. The number of rotatable bonds is 2. The van der Waals surface area contributed by atoms with Crippen LogP contribution in [0.25, 0.3) is 60.8 Å². The van der Waals surface area contributed by atoms with Crippen molar-refractivity contribution in [2.45, 2.75) is 6.92 Å². The molecule has 0 atom stereocenters. The molecule has 2 aromatic heterocycles. The van der Waals surface area contributed by atoms with Crippen LogP contribution in [0.2, 0.25) is 0 Å². The standard InChI is InChI=1S/C30H20N2O/c1-19-17-20-9-2-3-10-21(20)18-27(19)32-26-15-6-5-14-25(26)31-30(32)24-13-8-12-23-22-11-4-7-16-28(22)33-29(23)24/h2-18H,1H3. The molecule has 156 valence electrons. The SMILES string of the molecule is Cc1cc2ccccc2cc1-n1c(-c2cccc3c2oc2ccccc23)nc2ccccc21. The molecule has 3 nitrogen and oxygen atoms in total. The smallest absolute Gasteiger partial charge is 0.149 e. The highest BCUT2D eigenvalue weighted by molar-refractivity contribution is 6.09. The first-order valence-electron chi connectivity index (χ1n) is 11.2. The molecular weight excluding hydrogens is 404 g/mol. The van der Waals surface area contributed by atoms with Gasteiger partial charge in [-0.15, -0.1) is 0 Å². The van der Waals surface area contributed by atoms with E-state index in [4.69, 9.17) is 9.40 Å². The van der Waals surface area contributed by atoms with Crippen molar-refractivity contribution in [3.8, 4) is 17.1 Å². The van der Waals surface area contributed by atoms with E-state index in [-0.39, 0.29) is 0 Å². The van der Waals surface area contributed by atoms with Crippen molar-refractivity contribution in [2.75, 3.05) is 0 Å². The predicted octanol–water partition coefficient (Wildman–Crippen LogP) is 8.05.